The summed E-state index contributed by atoms with van der Waals surface area (Å²) in [5.41, 5.74) is 1.33. The predicted molar refractivity (Wildman–Crippen MR) is 99.4 cm³/mol. The molecule has 2 heterocycles. The first-order valence-corrected chi connectivity index (χ1v) is 9.21. The molecule has 1 aromatic carbocycles. The zero-order chi connectivity index (χ0) is 20.3. The van der Waals surface area contributed by atoms with Gasteiger partial charge in [0.1, 0.15) is 5.82 Å². The normalized spacial score (nSPS) is 19.6. The van der Waals surface area contributed by atoms with Crippen LogP contribution in [0.25, 0.3) is 11.3 Å². The van der Waals surface area contributed by atoms with E-state index >= 15 is 0 Å². The quantitative estimate of drug-likeness (QED) is 0.761. The molecule has 1 aliphatic heterocycles. The largest absolute Gasteiger partial charge is 0.416 e. The SMILES string of the molecule is Cc1cc(-c2ccc(C(F)(F)F)cc2)nc([C@H]2CCC(CCN(C)C=O)N2)n1. The molecule has 1 fully saturated rings. The number of benzene rings is 1. The number of halogens is 3. The number of rotatable bonds is 6. The van der Waals surface area contributed by atoms with E-state index in [9.17, 15) is 18.0 Å². The number of aryl methyl sites for hydroxylation is 1. The number of hydrogen-bond acceptors (Lipinski definition) is 4. The van der Waals surface area contributed by atoms with Crippen LogP contribution in [0.2, 0.25) is 0 Å². The lowest BCUT2D eigenvalue weighted by Gasteiger charge is -2.17. The lowest BCUT2D eigenvalue weighted by atomic mass is 10.1. The van der Waals surface area contributed by atoms with E-state index in [0.29, 0.717) is 23.6 Å². The van der Waals surface area contributed by atoms with Gasteiger partial charge in [-0.1, -0.05) is 12.1 Å². The van der Waals surface area contributed by atoms with E-state index in [1.807, 2.05) is 6.92 Å². The topological polar surface area (TPSA) is 58.1 Å². The van der Waals surface area contributed by atoms with E-state index in [0.717, 1.165) is 43.5 Å². The number of aromatic nitrogens is 2. The molecule has 5 nitrogen and oxygen atoms in total. The molecule has 0 saturated carbocycles. The van der Waals surface area contributed by atoms with Gasteiger partial charge in [-0.25, -0.2) is 9.97 Å². The number of nitrogens with one attached hydrogen (secondary N) is 1. The maximum absolute atomic E-state index is 12.8. The molecular weight excluding hydrogens is 369 g/mol. The maximum atomic E-state index is 12.8. The van der Waals surface area contributed by atoms with Crippen LogP contribution < -0.4 is 5.32 Å². The molecular formula is C20H23F3N4O. The fourth-order valence-corrected chi connectivity index (χ4v) is 3.39. The first-order chi connectivity index (χ1) is 13.3. The molecule has 0 aliphatic carbocycles. The summed E-state index contributed by atoms with van der Waals surface area (Å²) >= 11 is 0. The highest BCUT2D eigenvalue weighted by molar-refractivity contribution is 5.60. The van der Waals surface area contributed by atoms with Crippen molar-refractivity contribution in [1.82, 2.24) is 20.2 Å². The Balaban J connectivity index is 1.74. The van der Waals surface area contributed by atoms with Crippen molar-refractivity contribution in [3.05, 3.63) is 47.4 Å². The smallest absolute Gasteiger partial charge is 0.348 e. The van der Waals surface area contributed by atoms with Crippen LogP contribution >= 0.6 is 0 Å². The fraction of sp³-hybridized carbons (Fsp3) is 0.450. The number of hydrogen-bond donors (Lipinski definition) is 1. The second-order valence-corrected chi connectivity index (χ2v) is 7.20. The third-order valence-corrected chi connectivity index (χ3v) is 4.94. The predicted octanol–water partition coefficient (Wildman–Crippen LogP) is 3.74. The van der Waals surface area contributed by atoms with Crippen molar-refractivity contribution >= 4 is 6.41 Å². The molecule has 1 aliphatic rings. The van der Waals surface area contributed by atoms with Crippen molar-refractivity contribution in [1.29, 1.82) is 0 Å². The Hall–Kier alpha value is -2.48. The molecule has 150 valence electrons. The number of amides is 1. The Morgan fingerprint density at radius 3 is 2.57 bits per heavy atom. The van der Waals surface area contributed by atoms with Gasteiger partial charge in [-0.2, -0.15) is 13.2 Å². The molecule has 1 unspecified atom stereocenters. The van der Waals surface area contributed by atoms with Gasteiger partial charge in [0.25, 0.3) is 0 Å². The summed E-state index contributed by atoms with van der Waals surface area (Å²) in [5, 5.41) is 3.51. The molecule has 1 N–H and O–H groups in total. The van der Waals surface area contributed by atoms with Crippen LogP contribution in [0.1, 0.15) is 42.4 Å². The molecule has 1 saturated heterocycles. The van der Waals surface area contributed by atoms with Crippen molar-refractivity contribution in [2.45, 2.75) is 44.4 Å². The summed E-state index contributed by atoms with van der Waals surface area (Å²) in [5.74, 6) is 0.654. The first-order valence-electron chi connectivity index (χ1n) is 9.21. The highest BCUT2D eigenvalue weighted by atomic mass is 19.4. The summed E-state index contributed by atoms with van der Waals surface area (Å²) in [7, 11) is 1.75. The zero-order valence-electron chi connectivity index (χ0n) is 15.8. The van der Waals surface area contributed by atoms with Crippen molar-refractivity contribution in [3.63, 3.8) is 0 Å². The van der Waals surface area contributed by atoms with Crippen molar-refractivity contribution in [3.8, 4) is 11.3 Å². The molecule has 1 amide bonds. The lowest BCUT2D eigenvalue weighted by Crippen LogP contribution is -2.29. The van der Waals surface area contributed by atoms with Gasteiger partial charge in [0.15, 0.2) is 0 Å². The van der Waals surface area contributed by atoms with Crippen LogP contribution in [0.15, 0.2) is 30.3 Å². The van der Waals surface area contributed by atoms with Crippen LogP contribution in [0.5, 0.6) is 0 Å². The van der Waals surface area contributed by atoms with E-state index in [-0.39, 0.29) is 12.1 Å². The van der Waals surface area contributed by atoms with Gasteiger partial charge in [0, 0.05) is 30.9 Å². The van der Waals surface area contributed by atoms with E-state index in [1.165, 1.54) is 12.1 Å². The fourth-order valence-electron chi connectivity index (χ4n) is 3.39. The summed E-state index contributed by atoms with van der Waals surface area (Å²) < 4.78 is 38.3. The van der Waals surface area contributed by atoms with Crippen LogP contribution in [-0.2, 0) is 11.0 Å². The Morgan fingerprint density at radius 2 is 1.93 bits per heavy atom. The molecule has 1 aromatic heterocycles. The van der Waals surface area contributed by atoms with Gasteiger partial charge >= 0.3 is 6.18 Å². The van der Waals surface area contributed by atoms with Gasteiger partial charge < -0.3 is 10.2 Å². The second kappa shape index (κ2) is 8.26. The molecule has 0 bridgehead atoms. The lowest BCUT2D eigenvalue weighted by molar-refractivity contribution is -0.137. The summed E-state index contributed by atoms with van der Waals surface area (Å²) in [6, 6.07) is 7.07. The molecule has 8 heteroatoms. The van der Waals surface area contributed by atoms with E-state index < -0.39 is 11.7 Å². The van der Waals surface area contributed by atoms with Crippen LogP contribution in [0.3, 0.4) is 0 Å². The number of alkyl halides is 3. The monoisotopic (exact) mass is 392 g/mol. The Kier molecular flexibility index (Phi) is 5.98. The van der Waals surface area contributed by atoms with Crippen LogP contribution in [0.4, 0.5) is 13.2 Å². The molecule has 28 heavy (non-hydrogen) atoms. The summed E-state index contributed by atoms with van der Waals surface area (Å²) in [6.07, 6.45) is -0.850. The van der Waals surface area contributed by atoms with Gasteiger partial charge in [-0.3, -0.25) is 4.79 Å². The van der Waals surface area contributed by atoms with Gasteiger partial charge in [0.2, 0.25) is 6.41 Å². The standard InChI is InChI=1S/C20H23F3N4O/c1-13-11-18(14-3-5-15(6-4-14)20(21,22)23)26-19(24-13)17-8-7-16(25-17)9-10-27(2)12-28/h3-6,11-12,16-17,25H,7-10H2,1-2H3/t16?,17-/m1/s1. The van der Waals surface area contributed by atoms with E-state index in [4.69, 9.17) is 0 Å². The molecule has 2 atom stereocenters. The number of nitrogens with zero attached hydrogens (tertiary/aromatic N) is 3. The van der Waals surface area contributed by atoms with Crippen LogP contribution in [-0.4, -0.2) is 40.9 Å². The molecule has 0 spiro atoms. The van der Waals surface area contributed by atoms with Gasteiger partial charge in [-0.05, 0) is 44.4 Å². The highest BCUT2D eigenvalue weighted by Gasteiger charge is 2.30. The Morgan fingerprint density at radius 1 is 1.21 bits per heavy atom. The van der Waals surface area contributed by atoms with Crippen molar-refractivity contribution < 1.29 is 18.0 Å². The third kappa shape index (κ3) is 4.86. The molecule has 0 radical (unpaired) electrons. The molecule has 3 rings (SSSR count). The summed E-state index contributed by atoms with van der Waals surface area (Å²) in [4.78, 5) is 21.4. The number of carbonyl (C=O) groups is 1. The zero-order valence-corrected chi connectivity index (χ0v) is 15.8. The average Bonchev–Trinajstić information content (AvgIpc) is 3.14. The van der Waals surface area contributed by atoms with Gasteiger partial charge in [0.05, 0.1) is 17.3 Å². The maximum Gasteiger partial charge on any atom is 0.416 e. The summed E-state index contributed by atoms with van der Waals surface area (Å²) in [6.45, 7) is 2.53. The van der Waals surface area contributed by atoms with Crippen molar-refractivity contribution in [2.24, 2.45) is 0 Å². The van der Waals surface area contributed by atoms with Crippen molar-refractivity contribution in [2.75, 3.05) is 13.6 Å². The average molecular weight is 392 g/mol. The Bertz CT molecular complexity index is 823. The van der Waals surface area contributed by atoms with E-state index in [1.54, 1.807) is 18.0 Å². The minimum Gasteiger partial charge on any atom is -0.348 e. The highest BCUT2D eigenvalue weighted by Crippen LogP contribution is 2.31. The van der Waals surface area contributed by atoms with Gasteiger partial charge in [-0.15, -0.1) is 0 Å². The Labute approximate surface area is 162 Å². The minimum atomic E-state index is -4.36. The van der Waals surface area contributed by atoms with Crippen LogP contribution in [0, 0.1) is 6.92 Å². The van der Waals surface area contributed by atoms with E-state index in [2.05, 4.69) is 15.3 Å². The second-order valence-electron chi connectivity index (χ2n) is 7.20. The minimum absolute atomic E-state index is 0.000337. The third-order valence-electron chi connectivity index (χ3n) is 4.94. The first kappa shape index (κ1) is 20.3. The number of carbonyl (C=O) groups excluding carboxylic acids is 1. The molecule has 2 aromatic rings.